The lowest BCUT2D eigenvalue weighted by atomic mass is 10.1. The highest BCUT2D eigenvalue weighted by atomic mass is 35.5. The van der Waals surface area contributed by atoms with E-state index in [4.69, 9.17) is 0 Å². The van der Waals surface area contributed by atoms with Crippen molar-refractivity contribution in [1.82, 2.24) is 59.7 Å². The summed E-state index contributed by atoms with van der Waals surface area (Å²) in [4.78, 5) is 112. The fourth-order valence-electron chi connectivity index (χ4n) is 18.3. The van der Waals surface area contributed by atoms with Crippen molar-refractivity contribution in [3.05, 3.63) is 217 Å². The Morgan fingerprint density at radius 1 is 0.266 bits per heavy atom. The number of carbonyl (C=O) groups excluding carboxylic acids is 6. The number of carbonyl (C=O) groups is 6. The third-order valence-corrected chi connectivity index (χ3v) is 31.7. The minimum absolute atomic E-state index is 0. The van der Waals surface area contributed by atoms with Crippen molar-refractivity contribution in [2.75, 3.05) is 146 Å². The van der Waals surface area contributed by atoms with Crippen LogP contribution in [-0.4, -0.2) is 204 Å². The van der Waals surface area contributed by atoms with E-state index in [0.29, 0.717) is 30.8 Å². The molecule has 6 saturated heterocycles. The van der Waals surface area contributed by atoms with E-state index in [2.05, 4.69) is 91.6 Å². The Kier molecular flexibility index (Phi) is 30.7. The lowest BCUT2D eigenvalue weighted by molar-refractivity contribution is -0.120. The summed E-state index contributed by atoms with van der Waals surface area (Å²) in [7, 11) is 10.1. The number of benzene rings is 12. The van der Waals surface area contributed by atoms with Gasteiger partial charge in [0.1, 0.15) is 34.9 Å². The summed E-state index contributed by atoms with van der Waals surface area (Å²) in [6.07, 6.45) is 5.28. The van der Waals surface area contributed by atoms with Crippen molar-refractivity contribution >= 4 is 285 Å². The van der Waals surface area contributed by atoms with Crippen LogP contribution < -0.4 is 37.2 Å². The number of fused-ring (bicyclic) bond motifs is 18. The van der Waals surface area contributed by atoms with Gasteiger partial charge in [0.15, 0.2) is 30.8 Å². The first-order valence-electron chi connectivity index (χ1n) is 45.1. The number of aromatic nitrogens is 6. The largest absolute Gasteiger partial charge is 0.316 e. The molecule has 0 spiro atoms. The van der Waals surface area contributed by atoms with Crippen molar-refractivity contribution < 1.29 is 55.1 Å². The lowest BCUT2D eigenvalue weighted by Gasteiger charge is -2.09. The van der Waals surface area contributed by atoms with Crippen LogP contribution >= 0.6 is 92.8 Å². The topological polar surface area (TPSA) is 280 Å². The molecule has 12 aromatic carbocycles. The fourth-order valence-corrected chi connectivity index (χ4v) is 24.3. The maximum absolute atomic E-state index is 13.3. The minimum atomic E-state index is -0.251. The molecule has 6 amide bonds. The number of anilines is 6. The second-order valence-corrected chi connectivity index (χ2v) is 41.6. The summed E-state index contributed by atoms with van der Waals surface area (Å²) in [6.45, 7) is 10.3. The summed E-state index contributed by atoms with van der Waals surface area (Å²) in [5, 5.41) is 35.2. The van der Waals surface area contributed by atoms with Gasteiger partial charge >= 0.3 is 0 Å². The van der Waals surface area contributed by atoms with Gasteiger partial charge in [0.2, 0.25) is 35.4 Å². The van der Waals surface area contributed by atoms with Crippen LogP contribution in [0.4, 0.5) is 57.1 Å². The molecule has 12 heterocycles. The highest BCUT2D eigenvalue weighted by Crippen LogP contribution is 2.42. The molecule has 7 N–H and O–H groups in total. The molecular weight excluding hydrogens is 1940 g/mol. The normalized spacial score (nSPS) is 18.4. The van der Waals surface area contributed by atoms with Gasteiger partial charge in [0.25, 0.3) is 0 Å². The van der Waals surface area contributed by atoms with E-state index in [-0.39, 0.29) is 131 Å². The molecule has 6 aliphatic rings. The van der Waals surface area contributed by atoms with Gasteiger partial charge < -0.3 is 61.7 Å². The van der Waals surface area contributed by atoms with Crippen LogP contribution in [0.3, 0.4) is 0 Å². The summed E-state index contributed by atoms with van der Waals surface area (Å²) in [5.41, 5.74) is 4.96. The molecule has 0 saturated carbocycles. The second kappa shape index (κ2) is 43.2. The molecule has 139 heavy (non-hydrogen) atoms. The van der Waals surface area contributed by atoms with E-state index < -0.39 is 0 Å². The zero-order chi connectivity index (χ0) is 95.0. The quantitative estimate of drug-likeness (QED) is 0.0560. The standard InChI is InChI=1S/5C17H16FN3OS.C16H14FN3OS.2ClH/c5*1-21-7-6-11(9-21)16(22)20-17-19-14-5-2-10-8-12(18)3-4-13(10)15(14)23-17;17-11-2-3-12-9(7-11)1-4-13-14(12)22-16(19-13)20-15(21)10-5-6-18-8-10;;/h5*2-5,8,11H,6-7,9H2,1H3,(H,19,20,22);1-4,7,10,18H,5-6,8H2,(H,19,20,21);2*1H. The van der Waals surface area contributed by atoms with Crippen LogP contribution in [0.1, 0.15) is 38.5 Å². The zero-order valence-electron chi connectivity index (χ0n) is 75.9. The Labute approximate surface area is 830 Å². The molecule has 38 heteroatoms. The number of amides is 6. The molecule has 0 radical (unpaired) electrons. The molecule has 0 bridgehead atoms. The molecule has 6 aliphatic heterocycles. The molecule has 6 fully saturated rings. The predicted octanol–water partition coefficient (Wildman–Crippen LogP) is 21.4. The highest BCUT2D eigenvalue weighted by Gasteiger charge is 2.33. The molecular formula is C101H96Cl2F6N18O6S6. The molecule has 718 valence electrons. The number of hydrogen-bond donors (Lipinski definition) is 7. The molecule has 24 rings (SSSR count). The van der Waals surface area contributed by atoms with Crippen LogP contribution in [0, 0.1) is 70.4 Å². The van der Waals surface area contributed by atoms with Gasteiger partial charge in [-0.15, -0.1) is 24.8 Å². The maximum Gasteiger partial charge on any atom is 0.230 e. The first-order chi connectivity index (χ1) is 66.2. The first kappa shape index (κ1) is 98.9. The van der Waals surface area contributed by atoms with Crippen LogP contribution in [0.2, 0.25) is 0 Å². The number of rotatable bonds is 12. The van der Waals surface area contributed by atoms with E-state index in [1.807, 2.05) is 108 Å². The number of hydrogen-bond acceptors (Lipinski definition) is 24. The third-order valence-electron chi connectivity index (χ3n) is 25.6. The van der Waals surface area contributed by atoms with Crippen molar-refractivity contribution in [3.63, 3.8) is 0 Å². The lowest BCUT2D eigenvalue weighted by Crippen LogP contribution is -2.25. The summed E-state index contributed by atoms with van der Waals surface area (Å²) in [5.74, 6) is -1.19. The number of nitrogens with zero attached hydrogens (tertiary/aromatic N) is 11. The van der Waals surface area contributed by atoms with Gasteiger partial charge in [-0.1, -0.05) is 104 Å². The van der Waals surface area contributed by atoms with Gasteiger partial charge in [0, 0.05) is 71.6 Å². The van der Waals surface area contributed by atoms with Gasteiger partial charge in [-0.3, -0.25) is 28.8 Å². The summed E-state index contributed by atoms with van der Waals surface area (Å²) in [6, 6.07) is 50.7. The number of thiazole rings is 6. The average molecular weight is 2040 g/mol. The Morgan fingerprint density at radius 2 is 0.446 bits per heavy atom. The number of likely N-dealkylation sites (tertiary alicyclic amines) is 5. The van der Waals surface area contributed by atoms with Crippen molar-refractivity contribution in [1.29, 1.82) is 0 Å². The zero-order valence-corrected chi connectivity index (χ0v) is 82.4. The van der Waals surface area contributed by atoms with Crippen molar-refractivity contribution in [3.8, 4) is 0 Å². The minimum Gasteiger partial charge on any atom is -0.316 e. The van der Waals surface area contributed by atoms with E-state index in [1.165, 1.54) is 141 Å². The molecule has 18 aromatic rings. The number of halogens is 8. The highest BCUT2D eigenvalue weighted by molar-refractivity contribution is 7.25. The second-order valence-electron chi connectivity index (χ2n) is 35.7. The van der Waals surface area contributed by atoms with E-state index >= 15 is 0 Å². The smallest absolute Gasteiger partial charge is 0.230 e. The molecule has 6 unspecified atom stereocenters. The maximum atomic E-state index is 13.3. The Hall–Kier alpha value is -11.7. The van der Waals surface area contributed by atoms with E-state index in [0.717, 1.165) is 243 Å². The molecule has 24 nitrogen and oxygen atoms in total. The van der Waals surface area contributed by atoms with Crippen LogP contribution in [0.15, 0.2) is 182 Å². The first-order valence-corrected chi connectivity index (χ1v) is 50.0. The molecule has 6 atom stereocenters. The Morgan fingerprint density at radius 3 is 0.604 bits per heavy atom. The summed E-state index contributed by atoms with van der Waals surface area (Å²) >= 11 is 8.64. The fraction of sp³-hybridized carbons (Fsp3) is 0.287. The van der Waals surface area contributed by atoms with E-state index in [1.54, 1.807) is 36.4 Å². The van der Waals surface area contributed by atoms with E-state index in [9.17, 15) is 55.1 Å². The van der Waals surface area contributed by atoms with Crippen molar-refractivity contribution in [2.24, 2.45) is 35.5 Å². The Bertz CT molecular complexity index is 6870. The predicted molar refractivity (Wildman–Crippen MR) is 558 cm³/mol. The van der Waals surface area contributed by atoms with Gasteiger partial charge in [-0.05, 0) is 291 Å². The van der Waals surface area contributed by atoms with Crippen LogP contribution in [0.25, 0.3) is 126 Å². The Balaban J connectivity index is 0.000000115. The molecule has 6 aromatic heterocycles. The van der Waals surface area contributed by atoms with Crippen molar-refractivity contribution in [2.45, 2.75) is 38.5 Å². The third kappa shape index (κ3) is 22.8. The molecule has 0 aliphatic carbocycles. The monoisotopic (exact) mass is 2030 g/mol. The summed E-state index contributed by atoms with van der Waals surface area (Å²) < 4.78 is 85.9. The van der Waals surface area contributed by atoms with Gasteiger partial charge in [-0.25, -0.2) is 56.2 Å². The SMILES string of the molecule is CN1CCC(C(=O)Nc2nc3ccc4cc(F)ccc4c3s2)C1.CN1CCC(C(=O)Nc2nc3ccc4cc(F)ccc4c3s2)C1.CN1CCC(C(=O)Nc2nc3ccc4cc(F)ccc4c3s2)C1.CN1CCC(C(=O)Nc2nc3ccc4cc(F)ccc4c3s2)C1.CN1CCC(C(=O)Nc2nc3ccc4cc(F)ccc4c3s2)C1.Cl.Cl.O=C(Nc1nc2ccc3cc(F)ccc3c2s1)C1CCNC1. The van der Waals surface area contributed by atoms with Gasteiger partial charge in [0.05, 0.1) is 96.8 Å². The van der Waals surface area contributed by atoms with Gasteiger partial charge in [-0.2, -0.15) is 0 Å². The number of nitrogens with one attached hydrogen (secondary N) is 7. The average Bonchev–Trinajstić information content (AvgIpc) is 1.69. The van der Waals surface area contributed by atoms with Crippen LogP contribution in [0.5, 0.6) is 0 Å². The van der Waals surface area contributed by atoms with Crippen LogP contribution in [-0.2, 0) is 28.8 Å².